The number of carbonyl (C=O) groups is 1. The molecule has 0 radical (unpaired) electrons. The van der Waals surface area contributed by atoms with E-state index in [0.717, 1.165) is 30.8 Å². The van der Waals surface area contributed by atoms with E-state index in [2.05, 4.69) is 24.0 Å². The van der Waals surface area contributed by atoms with Crippen LogP contribution in [0.1, 0.15) is 30.1 Å². The molecule has 3 heteroatoms. The zero-order valence-electron chi connectivity index (χ0n) is 11.6. The molecule has 1 N–H and O–H groups in total. The number of unbranched alkanes of at least 4 members (excludes halogenated alkanes) is 1. The molecule has 0 bridgehead atoms. The van der Waals surface area contributed by atoms with Crippen LogP contribution in [-0.2, 0) is 0 Å². The monoisotopic (exact) mass is 269 g/mol. The number of aromatic carboxylic acids is 1. The minimum Gasteiger partial charge on any atom is -0.478 e. The maximum atomic E-state index is 10.9. The minimum absolute atomic E-state index is 0.317. The molecule has 0 aliphatic rings. The van der Waals surface area contributed by atoms with Gasteiger partial charge in [0.2, 0.25) is 0 Å². The van der Waals surface area contributed by atoms with Crippen LogP contribution >= 0.6 is 0 Å². The molecule has 0 aliphatic heterocycles. The van der Waals surface area contributed by atoms with Gasteiger partial charge in [0.15, 0.2) is 0 Å². The van der Waals surface area contributed by atoms with Gasteiger partial charge in [-0.15, -0.1) is 0 Å². The lowest BCUT2D eigenvalue weighted by Crippen LogP contribution is -2.18. The van der Waals surface area contributed by atoms with Gasteiger partial charge in [-0.3, -0.25) is 0 Å². The first-order valence-electron chi connectivity index (χ1n) is 6.88. The molecule has 104 valence electrons. The highest BCUT2D eigenvalue weighted by molar-refractivity contribution is 5.88. The second-order valence-electron chi connectivity index (χ2n) is 4.69. The molecule has 0 atom stereocenters. The van der Waals surface area contributed by atoms with Gasteiger partial charge in [0.25, 0.3) is 0 Å². The highest BCUT2D eigenvalue weighted by Crippen LogP contribution is 2.25. The summed E-state index contributed by atoms with van der Waals surface area (Å²) in [4.78, 5) is 13.1. The van der Waals surface area contributed by atoms with E-state index in [9.17, 15) is 4.79 Å². The predicted molar refractivity (Wildman–Crippen MR) is 81.8 cm³/mol. The standard InChI is InChI=1S/C17H19NO2/c1-2-3-13-18(15-7-5-4-6-8-15)16-11-9-14(10-12-16)17(19)20/h4-12H,2-3,13H2,1H3,(H,19,20). The number of carboxylic acid groups (broad SMARTS) is 1. The lowest BCUT2D eigenvalue weighted by atomic mass is 10.1. The summed E-state index contributed by atoms with van der Waals surface area (Å²) >= 11 is 0. The van der Waals surface area contributed by atoms with Gasteiger partial charge in [-0.1, -0.05) is 31.5 Å². The summed E-state index contributed by atoms with van der Waals surface area (Å²) in [7, 11) is 0. The molecule has 2 aromatic rings. The molecule has 0 fully saturated rings. The quantitative estimate of drug-likeness (QED) is 0.848. The van der Waals surface area contributed by atoms with Crippen molar-refractivity contribution in [1.29, 1.82) is 0 Å². The Morgan fingerprint density at radius 3 is 2.15 bits per heavy atom. The SMILES string of the molecule is CCCCN(c1ccccc1)c1ccc(C(=O)O)cc1. The molecular formula is C17H19NO2. The number of nitrogens with zero attached hydrogens (tertiary/aromatic N) is 1. The molecule has 0 spiro atoms. The van der Waals surface area contributed by atoms with Crippen LogP contribution in [0.25, 0.3) is 0 Å². The Bertz CT molecular complexity index is 549. The normalized spacial score (nSPS) is 10.2. The summed E-state index contributed by atoms with van der Waals surface area (Å²) in [6, 6.07) is 17.2. The van der Waals surface area contributed by atoms with Crippen molar-refractivity contribution in [2.75, 3.05) is 11.4 Å². The second-order valence-corrected chi connectivity index (χ2v) is 4.69. The molecule has 0 heterocycles. The third-order valence-corrected chi connectivity index (χ3v) is 3.23. The van der Waals surface area contributed by atoms with E-state index in [-0.39, 0.29) is 0 Å². The average Bonchev–Trinajstić information content (AvgIpc) is 2.49. The fraction of sp³-hybridized carbons (Fsp3) is 0.235. The lowest BCUT2D eigenvalue weighted by molar-refractivity contribution is 0.0697. The van der Waals surface area contributed by atoms with Crippen molar-refractivity contribution in [2.24, 2.45) is 0 Å². The van der Waals surface area contributed by atoms with Crippen molar-refractivity contribution in [2.45, 2.75) is 19.8 Å². The summed E-state index contributed by atoms with van der Waals surface area (Å²) in [6.45, 7) is 3.09. The molecular weight excluding hydrogens is 250 g/mol. The van der Waals surface area contributed by atoms with Gasteiger partial charge >= 0.3 is 5.97 Å². The number of carboxylic acids is 1. The molecule has 0 amide bonds. The predicted octanol–water partition coefficient (Wildman–Crippen LogP) is 4.32. The third-order valence-electron chi connectivity index (χ3n) is 3.23. The van der Waals surface area contributed by atoms with Crippen LogP contribution in [0, 0.1) is 0 Å². The summed E-state index contributed by atoms with van der Waals surface area (Å²) in [5, 5.41) is 8.96. The maximum Gasteiger partial charge on any atom is 0.335 e. The maximum absolute atomic E-state index is 10.9. The van der Waals surface area contributed by atoms with Crippen molar-refractivity contribution in [1.82, 2.24) is 0 Å². The first-order valence-corrected chi connectivity index (χ1v) is 6.88. The Labute approximate surface area is 119 Å². The van der Waals surface area contributed by atoms with Crippen molar-refractivity contribution in [3.05, 3.63) is 60.2 Å². The molecule has 0 unspecified atom stereocenters. The molecule has 2 aromatic carbocycles. The molecule has 0 saturated heterocycles. The Balaban J connectivity index is 2.28. The van der Waals surface area contributed by atoms with E-state index >= 15 is 0 Å². The third kappa shape index (κ3) is 3.38. The molecule has 3 nitrogen and oxygen atoms in total. The van der Waals surface area contributed by atoms with Gasteiger partial charge in [-0.05, 0) is 42.8 Å². The van der Waals surface area contributed by atoms with Crippen LogP contribution in [0.2, 0.25) is 0 Å². The number of para-hydroxylation sites is 1. The van der Waals surface area contributed by atoms with E-state index in [1.807, 2.05) is 30.3 Å². The molecule has 2 rings (SSSR count). The molecule has 20 heavy (non-hydrogen) atoms. The Hall–Kier alpha value is -2.29. The fourth-order valence-corrected chi connectivity index (χ4v) is 2.12. The highest BCUT2D eigenvalue weighted by atomic mass is 16.4. The van der Waals surface area contributed by atoms with Crippen molar-refractivity contribution in [3.8, 4) is 0 Å². The zero-order chi connectivity index (χ0) is 14.4. The highest BCUT2D eigenvalue weighted by Gasteiger charge is 2.09. The Kier molecular flexibility index (Phi) is 4.77. The zero-order valence-corrected chi connectivity index (χ0v) is 11.6. The summed E-state index contributed by atoms with van der Waals surface area (Å²) < 4.78 is 0. The van der Waals surface area contributed by atoms with Gasteiger partial charge in [0.05, 0.1) is 5.56 Å². The van der Waals surface area contributed by atoms with Gasteiger partial charge in [-0.25, -0.2) is 4.79 Å². The van der Waals surface area contributed by atoms with Gasteiger partial charge in [0, 0.05) is 17.9 Å². The van der Waals surface area contributed by atoms with Gasteiger partial charge in [-0.2, -0.15) is 0 Å². The first-order chi connectivity index (χ1) is 9.72. The van der Waals surface area contributed by atoms with Crippen molar-refractivity contribution >= 4 is 17.3 Å². The fourth-order valence-electron chi connectivity index (χ4n) is 2.12. The second kappa shape index (κ2) is 6.75. The number of hydrogen-bond acceptors (Lipinski definition) is 2. The van der Waals surface area contributed by atoms with Crippen LogP contribution in [0.5, 0.6) is 0 Å². The summed E-state index contributed by atoms with van der Waals surface area (Å²) in [5.74, 6) is -0.892. The number of anilines is 2. The number of hydrogen-bond donors (Lipinski definition) is 1. The molecule has 0 aromatic heterocycles. The van der Waals surface area contributed by atoms with Crippen LogP contribution in [0.15, 0.2) is 54.6 Å². The van der Waals surface area contributed by atoms with E-state index in [4.69, 9.17) is 5.11 Å². The van der Waals surface area contributed by atoms with Crippen molar-refractivity contribution in [3.63, 3.8) is 0 Å². The first kappa shape index (κ1) is 14.1. The topological polar surface area (TPSA) is 40.5 Å². The van der Waals surface area contributed by atoms with Crippen LogP contribution in [0.4, 0.5) is 11.4 Å². The number of benzene rings is 2. The Morgan fingerprint density at radius 1 is 1.00 bits per heavy atom. The summed E-state index contributed by atoms with van der Waals surface area (Å²) in [5.41, 5.74) is 2.47. The largest absolute Gasteiger partial charge is 0.478 e. The minimum atomic E-state index is -0.892. The smallest absolute Gasteiger partial charge is 0.335 e. The Morgan fingerprint density at radius 2 is 1.60 bits per heavy atom. The van der Waals surface area contributed by atoms with E-state index < -0.39 is 5.97 Å². The van der Waals surface area contributed by atoms with E-state index in [0.29, 0.717) is 5.56 Å². The average molecular weight is 269 g/mol. The summed E-state index contributed by atoms with van der Waals surface area (Å²) in [6.07, 6.45) is 2.21. The van der Waals surface area contributed by atoms with Crippen LogP contribution in [0.3, 0.4) is 0 Å². The molecule has 0 aliphatic carbocycles. The lowest BCUT2D eigenvalue weighted by Gasteiger charge is -2.25. The van der Waals surface area contributed by atoms with E-state index in [1.54, 1.807) is 12.1 Å². The van der Waals surface area contributed by atoms with Crippen LogP contribution in [-0.4, -0.2) is 17.6 Å². The number of rotatable bonds is 6. The van der Waals surface area contributed by atoms with Gasteiger partial charge < -0.3 is 10.0 Å². The van der Waals surface area contributed by atoms with Crippen LogP contribution < -0.4 is 4.90 Å². The van der Waals surface area contributed by atoms with Gasteiger partial charge in [0.1, 0.15) is 0 Å². The van der Waals surface area contributed by atoms with E-state index in [1.165, 1.54) is 0 Å². The molecule has 0 saturated carbocycles. The van der Waals surface area contributed by atoms with Crippen molar-refractivity contribution < 1.29 is 9.90 Å².